The van der Waals surface area contributed by atoms with E-state index in [9.17, 15) is 0 Å². The lowest BCUT2D eigenvalue weighted by Crippen LogP contribution is -2.14. The van der Waals surface area contributed by atoms with Crippen molar-refractivity contribution in [3.8, 4) is 11.5 Å². The van der Waals surface area contributed by atoms with E-state index in [-0.39, 0.29) is 5.41 Å². The maximum absolute atomic E-state index is 5.86. The fraction of sp³-hybridized carbons (Fsp3) is 0.294. The minimum absolute atomic E-state index is 0.199. The Hall–Kier alpha value is -1.96. The second kappa shape index (κ2) is 5.35. The Morgan fingerprint density at radius 3 is 2.21 bits per heavy atom. The highest BCUT2D eigenvalue weighted by Crippen LogP contribution is 2.31. The summed E-state index contributed by atoms with van der Waals surface area (Å²) < 4.78 is 5.79. The summed E-state index contributed by atoms with van der Waals surface area (Å²) in [5.41, 5.74) is 8.04. The quantitative estimate of drug-likeness (QED) is 0.800. The second-order valence-electron chi connectivity index (χ2n) is 5.40. The van der Waals surface area contributed by atoms with Gasteiger partial charge >= 0.3 is 0 Å². The number of nitrogen functional groups attached to an aromatic ring is 1. The normalized spacial score (nSPS) is 11.3. The van der Waals surface area contributed by atoms with Gasteiger partial charge in [-0.3, -0.25) is 0 Å². The van der Waals surface area contributed by atoms with Gasteiger partial charge in [0.15, 0.2) is 0 Å². The topological polar surface area (TPSA) is 35.2 Å². The predicted molar refractivity (Wildman–Crippen MR) is 80.7 cm³/mol. The monoisotopic (exact) mass is 255 g/mol. The molecule has 2 nitrogen and oxygen atoms in total. The van der Waals surface area contributed by atoms with Gasteiger partial charge in [0.05, 0.1) is 5.69 Å². The Labute approximate surface area is 115 Å². The van der Waals surface area contributed by atoms with E-state index in [0.717, 1.165) is 12.2 Å². The molecule has 19 heavy (non-hydrogen) atoms. The zero-order valence-corrected chi connectivity index (χ0v) is 11.8. The summed E-state index contributed by atoms with van der Waals surface area (Å²) in [6.07, 6.45) is 1.11. The number of nitrogens with two attached hydrogens (primary N) is 1. The van der Waals surface area contributed by atoms with E-state index in [1.54, 1.807) is 0 Å². The van der Waals surface area contributed by atoms with Crippen LogP contribution in [0.4, 0.5) is 5.69 Å². The summed E-state index contributed by atoms with van der Waals surface area (Å²) in [6, 6.07) is 15.8. The molecule has 0 aliphatic rings. The molecule has 0 radical (unpaired) electrons. The number of benzene rings is 2. The van der Waals surface area contributed by atoms with E-state index >= 15 is 0 Å². The molecule has 0 atom stereocenters. The van der Waals surface area contributed by atoms with Gasteiger partial charge in [-0.05, 0) is 41.7 Å². The van der Waals surface area contributed by atoms with Crippen molar-refractivity contribution in [1.29, 1.82) is 0 Å². The van der Waals surface area contributed by atoms with Crippen LogP contribution in [0.15, 0.2) is 48.5 Å². The molecule has 0 heterocycles. The minimum Gasteiger partial charge on any atom is -0.455 e. The highest BCUT2D eigenvalue weighted by atomic mass is 16.5. The summed E-state index contributed by atoms with van der Waals surface area (Å²) in [6.45, 7) is 6.70. The van der Waals surface area contributed by atoms with E-state index in [1.165, 1.54) is 5.56 Å². The number of ether oxygens (including phenoxy) is 1. The van der Waals surface area contributed by atoms with E-state index in [4.69, 9.17) is 10.5 Å². The Bertz CT molecular complexity index is 543. The molecular weight excluding hydrogens is 234 g/mol. The van der Waals surface area contributed by atoms with Gasteiger partial charge in [0, 0.05) is 0 Å². The standard InChI is InChI=1S/C17H21NO/c1-4-17(2,3)13-9-11-14(12-10-13)19-16-8-6-5-7-15(16)18/h5-12H,4,18H2,1-3H3. The lowest BCUT2D eigenvalue weighted by atomic mass is 9.82. The van der Waals surface area contributed by atoms with Crippen LogP contribution in [-0.2, 0) is 5.41 Å². The molecule has 0 saturated carbocycles. The Morgan fingerprint density at radius 1 is 1.00 bits per heavy atom. The first-order valence-electron chi connectivity index (χ1n) is 6.66. The average molecular weight is 255 g/mol. The molecule has 2 rings (SSSR count). The highest BCUT2D eigenvalue weighted by Gasteiger charge is 2.17. The fourth-order valence-electron chi connectivity index (χ4n) is 1.88. The van der Waals surface area contributed by atoms with E-state index in [0.29, 0.717) is 11.4 Å². The van der Waals surface area contributed by atoms with E-state index < -0.39 is 0 Å². The molecule has 0 fully saturated rings. The van der Waals surface area contributed by atoms with Crippen LogP contribution in [0.2, 0.25) is 0 Å². The largest absolute Gasteiger partial charge is 0.455 e. The highest BCUT2D eigenvalue weighted by molar-refractivity contribution is 5.53. The molecule has 0 amide bonds. The van der Waals surface area contributed by atoms with Gasteiger partial charge in [-0.2, -0.15) is 0 Å². The van der Waals surface area contributed by atoms with Crippen LogP contribution < -0.4 is 10.5 Å². The first kappa shape index (κ1) is 13.5. The van der Waals surface area contributed by atoms with Crippen molar-refractivity contribution in [2.75, 3.05) is 5.73 Å². The van der Waals surface area contributed by atoms with Crippen LogP contribution in [-0.4, -0.2) is 0 Å². The van der Waals surface area contributed by atoms with Crippen LogP contribution in [0.1, 0.15) is 32.8 Å². The molecule has 2 N–H and O–H groups in total. The first-order chi connectivity index (χ1) is 9.03. The van der Waals surface area contributed by atoms with Gasteiger partial charge in [0.1, 0.15) is 11.5 Å². The molecule has 0 saturated heterocycles. The molecule has 0 bridgehead atoms. The number of hydrogen-bond acceptors (Lipinski definition) is 2. The second-order valence-corrected chi connectivity index (χ2v) is 5.40. The zero-order valence-electron chi connectivity index (χ0n) is 11.8. The molecule has 2 aromatic carbocycles. The molecule has 0 aromatic heterocycles. The summed E-state index contributed by atoms with van der Waals surface area (Å²) in [5.74, 6) is 1.51. The molecule has 2 aromatic rings. The lowest BCUT2D eigenvalue weighted by molar-refractivity contribution is 0.480. The van der Waals surface area contributed by atoms with Crippen LogP contribution in [0.3, 0.4) is 0 Å². The Morgan fingerprint density at radius 2 is 1.63 bits per heavy atom. The van der Waals surface area contributed by atoms with Crippen LogP contribution in [0.25, 0.3) is 0 Å². The van der Waals surface area contributed by atoms with Crippen molar-refractivity contribution in [1.82, 2.24) is 0 Å². The maximum atomic E-state index is 5.86. The molecular formula is C17H21NO. The molecule has 0 spiro atoms. The zero-order chi connectivity index (χ0) is 13.9. The third-order valence-corrected chi connectivity index (χ3v) is 3.67. The summed E-state index contributed by atoms with van der Waals surface area (Å²) in [7, 11) is 0. The van der Waals surface area contributed by atoms with Gasteiger partial charge in [-0.15, -0.1) is 0 Å². The number of para-hydroxylation sites is 2. The summed E-state index contributed by atoms with van der Waals surface area (Å²) in [4.78, 5) is 0. The summed E-state index contributed by atoms with van der Waals surface area (Å²) in [5, 5.41) is 0. The van der Waals surface area contributed by atoms with Gasteiger partial charge in [0.25, 0.3) is 0 Å². The van der Waals surface area contributed by atoms with Crippen molar-refractivity contribution >= 4 is 5.69 Å². The SMILES string of the molecule is CCC(C)(C)c1ccc(Oc2ccccc2N)cc1. The Kier molecular flexibility index (Phi) is 3.79. The average Bonchev–Trinajstić information content (AvgIpc) is 2.42. The number of hydrogen-bond donors (Lipinski definition) is 1. The molecule has 0 aliphatic heterocycles. The fourth-order valence-corrected chi connectivity index (χ4v) is 1.88. The van der Waals surface area contributed by atoms with Crippen LogP contribution in [0, 0.1) is 0 Å². The maximum Gasteiger partial charge on any atom is 0.150 e. The van der Waals surface area contributed by atoms with E-state index in [1.807, 2.05) is 36.4 Å². The van der Waals surface area contributed by atoms with Crippen molar-refractivity contribution in [2.45, 2.75) is 32.6 Å². The van der Waals surface area contributed by atoms with Crippen molar-refractivity contribution in [3.05, 3.63) is 54.1 Å². The van der Waals surface area contributed by atoms with Gasteiger partial charge < -0.3 is 10.5 Å². The van der Waals surface area contributed by atoms with Gasteiger partial charge in [-0.1, -0.05) is 45.0 Å². The van der Waals surface area contributed by atoms with E-state index in [2.05, 4.69) is 32.9 Å². The van der Waals surface area contributed by atoms with Crippen LogP contribution >= 0.6 is 0 Å². The Balaban J connectivity index is 2.18. The van der Waals surface area contributed by atoms with Crippen molar-refractivity contribution in [3.63, 3.8) is 0 Å². The van der Waals surface area contributed by atoms with Gasteiger partial charge in [-0.25, -0.2) is 0 Å². The minimum atomic E-state index is 0.199. The van der Waals surface area contributed by atoms with Gasteiger partial charge in [0.2, 0.25) is 0 Å². The number of anilines is 1. The number of rotatable bonds is 4. The first-order valence-corrected chi connectivity index (χ1v) is 6.66. The molecule has 2 heteroatoms. The van der Waals surface area contributed by atoms with Crippen molar-refractivity contribution < 1.29 is 4.74 Å². The lowest BCUT2D eigenvalue weighted by Gasteiger charge is -2.23. The molecule has 100 valence electrons. The molecule has 0 unspecified atom stereocenters. The smallest absolute Gasteiger partial charge is 0.150 e. The molecule has 0 aliphatic carbocycles. The predicted octanol–water partition coefficient (Wildman–Crippen LogP) is 4.75. The van der Waals surface area contributed by atoms with Crippen LogP contribution in [0.5, 0.6) is 11.5 Å². The van der Waals surface area contributed by atoms with Crippen molar-refractivity contribution in [2.24, 2.45) is 0 Å². The third-order valence-electron chi connectivity index (χ3n) is 3.67. The summed E-state index contributed by atoms with van der Waals surface area (Å²) >= 11 is 0. The third kappa shape index (κ3) is 3.08.